The number of para-hydroxylation sites is 1. The van der Waals surface area contributed by atoms with Crippen LogP contribution < -0.4 is 0 Å². The van der Waals surface area contributed by atoms with Crippen LogP contribution in [0.2, 0.25) is 0 Å². The summed E-state index contributed by atoms with van der Waals surface area (Å²) in [5.41, 5.74) is 1.57. The number of ether oxygens (including phenoxy) is 1. The molecule has 0 aliphatic rings. The van der Waals surface area contributed by atoms with Crippen molar-refractivity contribution in [2.24, 2.45) is 0 Å². The Morgan fingerprint density at radius 2 is 2.00 bits per heavy atom. The zero-order valence-corrected chi connectivity index (χ0v) is 9.69. The van der Waals surface area contributed by atoms with Crippen molar-refractivity contribution in [3.63, 3.8) is 0 Å². The van der Waals surface area contributed by atoms with E-state index in [1.165, 1.54) is 14.0 Å². The van der Waals surface area contributed by atoms with Gasteiger partial charge in [-0.2, -0.15) is 0 Å². The maximum Gasteiger partial charge on any atom is 0.320 e. The van der Waals surface area contributed by atoms with Crippen LogP contribution in [0.1, 0.15) is 18.4 Å². The molecule has 4 heteroatoms. The maximum absolute atomic E-state index is 11.6. The summed E-state index contributed by atoms with van der Waals surface area (Å²) in [6.45, 7) is 1.39. The fraction of sp³-hybridized carbons (Fsp3) is 0.231. The molecule has 1 atom stereocenters. The van der Waals surface area contributed by atoms with Crippen LogP contribution in [-0.4, -0.2) is 23.8 Å². The summed E-state index contributed by atoms with van der Waals surface area (Å²) in [6, 6.07) is 7.53. The van der Waals surface area contributed by atoms with Crippen molar-refractivity contribution in [1.29, 1.82) is 0 Å². The summed E-state index contributed by atoms with van der Waals surface area (Å²) in [7, 11) is 1.28. The smallest absolute Gasteiger partial charge is 0.320 e. The van der Waals surface area contributed by atoms with E-state index in [4.69, 9.17) is 0 Å². The molecular weight excluding hydrogens is 218 g/mol. The topological polar surface area (TPSA) is 59.2 Å². The van der Waals surface area contributed by atoms with Gasteiger partial charge in [0.05, 0.1) is 7.11 Å². The molecule has 0 bridgehead atoms. The van der Waals surface area contributed by atoms with Crippen LogP contribution in [0, 0.1) is 0 Å². The van der Waals surface area contributed by atoms with Crippen molar-refractivity contribution in [1.82, 2.24) is 4.98 Å². The molecule has 2 rings (SSSR count). The highest BCUT2D eigenvalue weighted by Gasteiger charge is 2.28. The predicted molar refractivity (Wildman–Crippen MR) is 63.7 cm³/mol. The van der Waals surface area contributed by atoms with Crippen molar-refractivity contribution in [3.8, 4) is 0 Å². The van der Waals surface area contributed by atoms with Crippen LogP contribution in [0.3, 0.4) is 0 Å². The van der Waals surface area contributed by atoms with Crippen LogP contribution in [0.15, 0.2) is 30.5 Å². The number of carbonyl (C=O) groups is 2. The zero-order chi connectivity index (χ0) is 12.4. The van der Waals surface area contributed by atoms with E-state index >= 15 is 0 Å². The second-order valence-corrected chi connectivity index (χ2v) is 3.86. The lowest BCUT2D eigenvalue weighted by Crippen LogP contribution is -2.20. The number of benzene rings is 1. The average Bonchev–Trinajstić information content (AvgIpc) is 2.73. The molecule has 17 heavy (non-hydrogen) atoms. The first-order chi connectivity index (χ1) is 8.15. The molecule has 0 fully saturated rings. The van der Waals surface area contributed by atoms with Crippen LogP contribution in [0.4, 0.5) is 0 Å². The molecule has 0 aliphatic carbocycles. The first kappa shape index (κ1) is 11.4. The largest absolute Gasteiger partial charge is 0.468 e. The number of fused-ring (bicyclic) bond motifs is 1. The summed E-state index contributed by atoms with van der Waals surface area (Å²) >= 11 is 0. The number of aromatic amines is 1. The standard InChI is InChI=1S/C13H13NO3/c1-8(15)12(13(16)17-2)10-7-14-11-6-4-3-5-9(10)11/h3-7,12,14H,1-2H3. The number of Topliss-reactive ketones (excluding diaryl/α,β-unsaturated/α-hetero) is 1. The Morgan fingerprint density at radius 3 is 2.65 bits per heavy atom. The number of hydrogen-bond acceptors (Lipinski definition) is 3. The summed E-state index contributed by atoms with van der Waals surface area (Å²) in [6.07, 6.45) is 1.69. The number of aromatic nitrogens is 1. The molecule has 1 unspecified atom stereocenters. The van der Waals surface area contributed by atoms with Crippen LogP contribution in [0.5, 0.6) is 0 Å². The lowest BCUT2D eigenvalue weighted by Gasteiger charge is -2.10. The van der Waals surface area contributed by atoms with E-state index in [2.05, 4.69) is 9.72 Å². The summed E-state index contributed by atoms with van der Waals surface area (Å²) in [4.78, 5) is 26.3. The Labute approximate surface area is 98.6 Å². The molecule has 2 aromatic rings. The number of ketones is 1. The normalized spacial score (nSPS) is 12.4. The monoisotopic (exact) mass is 231 g/mol. The van der Waals surface area contributed by atoms with Gasteiger partial charge in [-0.3, -0.25) is 9.59 Å². The SMILES string of the molecule is COC(=O)C(C(C)=O)c1c[nH]c2ccccc12. The fourth-order valence-corrected chi connectivity index (χ4v) is 1.96. The van der Waals surface area contributed by atoms with Gasteiger partial charge in [0.1, 0.15) is 11.7 Å². The number of methoxy groups -OCH3 is 1. The third-order valence-corrected chi connectivity index (χ3v) is 2.78. The van der Waals surface area contributed by atoms with Crippen molar-refractivity contribution < 1.29 is 14.3 Å². The van der Waals surface area contributed by atoms with Gasteiger partial charge in [0.2, 0.25) is 0 Å². The number of rotatable bonds is 3. The molecule has 1 aromatic heterocycles. The molecule has 1 aromatic carbocycles. The first-order valence-electron chi connectivity index (χ1n) is 5.29. The number of esters is 1. The molecule has 0 saturated carbocycles. The third kappa shape index (κ3) is 1.93. The first-order valence-corrected chi connectivity index (χ1v) is 5.29. The summed E-state index contributed by atoms with van der Waals surface area (Å²) in [5, 5.41) is 0.873. The molecule has 0 saturated heterocycles. The maximum atomic E-state index is 11.6. The molecule has 0 aliphatic heterocycles. The van der Waals surface area contributed by atoms with E-state index in [0.717, 1.165) is 10.9 Å². The van der Waals surface area contributed by atoms with Crippen molar-refractivity contribution in [2.45, 2.75) is 12.8 Å². The van der Waals surface area contributed by atoms with E-state index in [1.54, 1.807) is 6.20 Å². The lowest BCUT2D eigenvalue weighted by atomic mass is 9.95. The van der Waals surface area contributed by atoms with Gasteiger partial charge in [-0.25, -0.2) is 0 Å². The minimum absolute atomic E-state index is 0.221. The van der Waals surface area contributed by atoms with Crippen molar-refractivity contribution in [3.05, 3.63) is 36.0 Å². The Morgan fingerprint density at radius 1 is 1.29 bits per heavy atom. The fourth-order valence-electron chi connectivity index (χ4n) is 1.96. The van der Waals surface area contributed by atoms with Crippen LogP contribution in [-0.2, 0) is 14.3 Å². The second kappa shape index (κ2) is 4.41. The van der Waals surface area contributed by atoms with E-state index < -0.39 is 11.9 Å². The highest BCUT2D eigenvalue weighted by molar-refractivity contribution is 6.06. The highest BCUT2D eigenvalue weighted by atomic mass is 16.5. The Balaban J connectivity index is 2.57. The molecule has 0 amide bonds. The quantitative estimate of drug-likeness (QED) is 0.649. The zero-order valence-electron chi connectivity index (χ0n) is 9.69. The molecule has 4 nitrogen and oxygen atoms in total. The van der Waals surface area contributed by atoms with Gasteiger partial charge in [0.25, 0.3) is 0 Å². The van der Waals surface area contributed by atoms with E-state index in [9.17, 15) is 9.59 Å². The molecule has 0 radical (unpaired) electrons. The predicted octanol–water partition coefficient (Wildman–Crippen LogP) is 2.01. The number of nitrogens with one attached hydrogen (secondary N) is 1. The van der Waals surface area contributed by atoms with Gasteiger partial charge >= 0.3 is 5.97 Å². The average molecular weight is 231 g/mol. The van der Waals surface area contributed by atoms with Gasteiger partial charge < -0.3 is 9.72 Å². The molecular formula is C13H13NO3. The third-order valence-electron chi connectivity index (χ3n) is 2.78. The second-order valence-electron chi connectivity index (χ2n) is 3.86. The Kier molecular flexibility index (Phi) is 2.95. The molecule has 88 valence electrons. The van der Waals surface area contributed by atoms with Gasteiger partial charge in [-0.1, -0.05) is 18.2 Å². The minimum Gasteiger partial charge on any atom is -0.468 e. The number of H-pyrrole nitrogens is 1. The van der Waals surface area contributed by atoms with E-state index in [0.29, 0.717) is 5.56 Å². The molecule has 1 heterocycles. The van der Waals surface area contributed by atoms with Crippen molar-refractivity contribution in [2.75, 3.05) is 7.11 Å². The van der Waals surface area contributed by atoms with Gasteiger partial charge in [0, 0.05) is 17.1 Å². The highest BCUT2D eigenvalue weighted by Crippen LogP contribution is 2.27. The molecule has 0 spiro atoms. The van der Waals surface area contributed by atoms with Crippen LogP contribution >= 0.6 is 0 Å². The van der Waals surface area contributed by atoms with Gasteiger partial charge in [0.15, 0.2) is 0 Å². The minimum atomic E-state index is -0.851. The van der Waals surface area contributed by atoms with Crippen molar-refractivity contribution >= 4 is 22.7 Å². The van der Waals surface area contributed by atoms with Gasteiger partial charge in [-0.15, -0.1) is 0 Å². The lowest BCUT2D eigenvalue weighted by molar-refractivity contribution is -0.145. The number of hydrogen-bond donors (Lipinski definition) is 1. The van der Waals surface area contributed by atoms with E-state index in [1.807, 2.05) is 24.3 Å². The Bertz CT molecular complexity index is 571. The van der Waals surface area contributed by atoms with Gasteiger partial charge in [-0.05, 0) is 18.6 Å². The summed E-state index contributed by atoms with van der Waals surface area (Å²) < 4.78 is 4.67. The number of carbonyl (C=O) groups excluding carboxylic acids is 2. The summed E-state index contributed by atoms with van der Waals surface area (Å²) in [5.74, 6) is -1.60. The van der Waals surface area contributed by atoms with E-state index in [-0.39, 0.29) is 5.78 Å². The molecule has 1 N–H and O–H groups in total. The Hall–Kier alpha value is -2.10. The van der Waals surface area contributed by atoms with Crippen LogP contribution in [0.25, 0.3) is 10.9 Å².